The van der Waals surface area contributed by atoms with Crippen molar-refractivity contribution < 1.29 is 33.3 Å². The van der Waals surface area contributed by atoms with E-state index < -0.39 is 11.2 Å². The Balaban J connectivity index is 1.57. The Bertz CT molecular complexity index is 1480. The number of anilines is 1. The zero-order valence-electron chi connectivity index (χ0n) is 24.6. The molecule has 0 saturated carbocycles. The number of ether oxygens (including phenoxy) is 4. The van der Waals surface area contributed by atoms with Gasteiger partial charge in [-0.25, -0.2) is 9.79 Å². The van der Waals surface area contributed by atoms with E-state index in [-0.39, 0.29) is 24.8 Å². The second-order valence-corrected chi connectivity index (χ2v) is 10.6. The fraction of sp³-hybridized carbons (Fsp3) is 0.312. The van der Waals surface area contributed by atoms with E-state index in [9.17, 15) is 14.4 Å². The molecule has 1 heterocycles. The molecule has 0 unspecified atom stereocenters. The fourth-order valence-corrected chi connectivity index (χ4v) is 5.51. The van der Waals surface area contributed by atoms with Gasteiger partial charge in [0, 0.05) is 24.7 Å². The third-order valence-corrected chi connectivity index (χ3v) is 7.71. The van der Waals surface area contributed by atoms with Gasteiger partial charge in [-0.3, -0.25) is 14.5 Å². The first-order valence-electron chi connectivity index (χ1n) is 13.9. The van der Waals surface area contributed by atoms with Crippen LogP contribution in [0, 0.1) is 0 Å². The number of hydrogen-bond donors (Lipinski definition) is 1. The van der Waals surface area contributed by atoms with Crippen molar-refractivity contribution in [2.24, 2.45) is 4.99 Å². The zero-order chi connectivity index (χ0) is 30.8. The molecule has 0 radical (unpaired) electrons. The van der Waals surface area contributed by atoms with Gasteiger partial charge in [-0.15, -0.1) is 0 Å². The summed E-state index contributed by atoms with van der Waals surface area (Å²) in [4.78, 5) is 45.2. The number of hydrogen-bond acceptors (Lipinski definition) is 9. The summed E-state index contributed by atoms with van der Waals surface area (Å²) in [5.41, 5.74) is 2.45. The molecule has 0 aromatic heterocycles. The highest BCUT2D eigenvalue weighted by molar-refractivity contribution is 8.15. The number of thioether (sulfide) groups is 1. The highest BCUT2D eigenvalue weighted by Crippen LogP contribution is 2.32. The number of methoxy groups -OCH3 is 2. The van der Waals surface area contributed by atoms with Crippen molar-refractivity contribution in [3.63, 3.8) is 0 Å². The van der Waals surface area contributed by atoms with Crippen molar-refractivity contribution in [1.82, 2.24) is 4.90 Å². The van der Waals surface area contributed by atoms with Crippen LogP contribution in [0.5, 0.6) is 17.2 Å². The SMILES string of the molecule is CCOC(=O)c1ccc(N=C2S[C@@H](C(=O)Nc3cccc(OCC)c3)CC(=O)N2CCc2ccc(OC)c(OC)c2)cc1. The van der Waals surface area contributed by atoms with Gasteiger partial charge in [-0.05, 0) is 74.4 Å². The molecule has 226 valence electrons. The maximum absolute atomic E-state index is 13.5. The first kappa shape index (κ1) is 31.4. The first-order chi connectivity index (χ1) is 20.8. The average Bonchev–Trinajstić information content (AvgIpc) is 3.01. The Morgan fingerprint density at radius 3 is 2.44 bits per heavy atom. The maximum Gasteiger partial charge on any atom is 0.338 e. The standard InChI is InChI=1S/C32H35N3O7S/c1-5-41-25-9-7-8-24(19-25)33-30(37)28-20-29(36)35(17-16-21-10-15-26(39-3)27(18-21)40-4)32(43-28)34-23-13-11-22(12-14-23)31(38)42-6-2/h7-15,18-19,28H,5-6,16-17,20H2,1-4H3,(H,33,37)/t28-/m1/s1. The van der Waals surface area contributed by atoms with Gasteiger partial charge in [0.2, 0.25) is 11.8 Å². The van der Waals surface area contributed by atoms with Gasteiger partial charge >= 0.3 is 5.97 Å². The van der Waals surface area contributed by atoms with Crippen LogP contribution in [-0.4, -0.2) is 67.1 Å². The molecule has 11 heteroatoms. The molecule has 0 aliphatic carbocycles. The van der Waals surface area contributed by atoms with Crippen molar-refractivity contribution in [2.45, 2.75) is 31.9 Å². The van der Waals surface area contributed by atoms with Crippen molar-refractivity contribution in [3.8, 4) is 17.2 Å². The summed E-state index contributed by atoms with van der Waals surface area (Å²) in [5, 5.41) is 2.60. The average molecular weight is 606 g/mol. The third kappa shape index (κ3) is 8.29. The van der Waals surface area contributed by atoms with Gasteiger partial charge in [0.25, 0.3) is 0 Å². The quantitative estimate of drug-likeness (QED) is 0.270. The number of aliphatic imine (C=N–C) groups is 1. The lowest BCUT2D eigenvalue weighted by Crippen LogP contribution is -2.46. The smallest absolute Gasteiger partial charge is 0.338 e. The molecule has 3 aromatic carbocycles. The Hall–Kier alpha value is -4.51. The predicted octanol–water partition coefficient (Wildman–Crippen LogP) is 5.48. The molecule has 3 aromatic rings. The molecular formula is C32H35N3O7S. The van der Waals surface area contributed by atoms with E-state index >= 15 is 0 Å². The van der Waals surface area contributed by atoms with E-state index in [4.69, 9.17) is 23.9 Å². The lowest BCUT2D eigenvalue weighted by atomic mass is 10.1. The van der Waals surface area contributed by atoms with Crippen molar-refractivity contribution in [3.05, 3.63) is 77.9 Å². The number of benzene rings is 3. The van der Waals surface area contributed by atoms with E-state index in [1.807, 2.05) is 31.2 Å². The Morgan fingerprint density at radius 1 is 0.977 bits per heavy atom. The number of carbonyl (C=O) groups excluding carboxylic acids is 3. The number of amides is 2. The Morgan fingerprint density at radius 2 is 1.74 bits per heavy atom. The third-order valence-electron chi connectivity index (χ3n) is 6.52. The fourth-order valence-electron chi connectivity index (χ4n) is 4.39. The summed E-state index contributed by atoms with van der Waals surface area (Å²) in [5.74, 6) is 0.902. The molecule has 2 amide bonds. The molecule has 1 N–H and O–H groups in total. The molecule has 1 atom stereocenters. The topological polar surface area (TPSA) is 116 Å². The van der Waals surface area contributed by atoms with E-state index in [1.54, 1.807) is 68.5 Å². The normalized spacial score (nSPS) is 15.6. The highest BCUT2D eigenvalue weighted by Gasteiger charge is 2.36. The Kier molecular flexibility index (Phi) is 11.0. The van der Waals surface area contributed by atoms with Gasteiger partial charge in [0.05, 0.1) is 38.7 Å². The monoisotopic (exact) mass is 605 g/mol. The molecule has 1 fully saturated rings. The van der Waals surface area contributed by atoms with E-state index in [0.29, 0.717) is 58.9 Å². The minimum Gasteiger partial charge on any atom is -0.494 e. The van der Waals surface area contributed by atoms with Crippen molar-refractivity contribution >= 4 is 46.1 Å². The van der Waals surface area contributed by atoms with Crippen LogP contribution in [0.3, 0.4) is 0 Å². The number of nitrogens with one attached hydrogen (secondary N) is 1. The van der Waals surface area contributed by atoms with E-state index in [1.165, 1.54) is 11.8 Å². The maximum atomic E-state index is 13.5. The minimum absolute atomic E-state index is 0.00833. The summed E-state index contributed by atoms with van der Waals surface area (Å²) < 4.78 is 21.4. The molecule has 0 spiro atoms. The molecule has 1 aliphatic rings. The number of carbonyl (C=O) groups is 3. The van der Waals surface area contributed by atoms with Crippen LogP contribution in [0.15, 0.2) is 71.7 Å². The molecule has 10 nitrogen and oxygen atoms in total. The summed E-state index contributed by atoms with van der Waals surface area (Å²) in [7, 11) is 3.15. The van der Waals surface area contributed by atoms with Crippen LogP contribution in [-0.2, 0) is 20.7 Å². The van der Waals surface area contributed by atoms with E-state index in [2.05, 4.69) is 5.32 Å². The van der Waals surface area contributed by atoms with Gasteiger partial charge in [0.15, 0.2) is 16.7 Å². The lowest BCUT2D eigenvalue weighted by Gasteiger charge is -2.32. The molecule has 1 aliphatic heterocycles. The molecule has 1 saturated heterocycles. The summed E-state index contributed by atoms with van der Waals surface area (Å²) in [6.07, 6.45) is 0.531. The van der Waals surface area contributed by atoms with Crippen LogP contribution in [0.25, 0.3) is 0 Å². The largest absolute Gasteiger partial charge is 0.494 e. The van der Waals surface area contributed by atoms with Crippen LogP contribution in [0.2, 0.25) is 0 Å². The Labute approximate surface area is 255 Å². The molecule has 4 rings (SSSR count). The molecule has 43 heavy (non-hydrogen) atoms. The highest BCUT2D eigenvalue weighted by atomic mass is 32.2. The van der Waals surface area contributed by atoms with Crippen LogP contribution >= 0.6 is 11.8 Å². The molecule has 0 bridgehead atoms. The van der Waals surface area contributed by atoms with E-state index in [0.717, 1.165) is 5.56 Å². The van der Waals surface area contributed by atoms with Crippen molar-refractivity contribution in [1.29, 1.82) is 0 Å². The predicted molar refractivity (Wildman–Crippen MR) is 167 cm³/mol. The lowest BCUT2D eigenvalue weighted by molar-refractivity contribution is -0.129. The summed E-state index contributed by atoms with van der Waals surface area (Å²) in [6.45, 7) is 4.75. The number of amidine groups is 1. The van der Waals surface area contributed by atoms with Gasteiger partial charge < -0.3 is 24.3 Å². The summed E-state index contributed by atoms with van der Waals surface area (Å²) >= 11 is 1.22. The van der Waals surface area contributed by atoms with Crippen molar-refractivity contribution in [2.75, 3.05) is 39.3 Å². The van der Waals surface area contributed by atoms with Crippen LogP contribution in [0.1, 0.15) is 36.2 Å². The van der Waals surface area contributed by atoms with Crippen LogP contribution < -0.4 is 19.5 Å². The van der Waals surface area contributed by atoms with Gasteiger partial charge in [0.1, 0.15) is 11.0 Å². The number of esters is 1. The first-order valence-corrected chi connectivity index (χ1v) is 14.8. The van der Waals surface area contributed by atoms with Gasteiger partial charge in [-0.2, -0.15) is 0 Å². The second-order valence-electron chi connectivity index (χ2n) is 9.41. The second kappa shape index (κ2) is 15.1. The zero-order valence-corrected chi connectivity index (χ0v) is 25.4. The minimum atomic E-state index is -0.696. The van der Waals surface area contributed by atoms with Crippen LogP contribution in [0.4, 0.5) is 11.4 Å². The number of nitrogens with zero attached hydrogens (tertiary/aromatic N) is 2. The van der Waals surface area contributed by atoms with Gasteiger partial charge in [-0.1, -0.05) is 23.9 Å². The number of rotatable bonds is 12. The molecular weight excluding hydrogens is 570 g/mol. The summed E-state index contributed by atoms with van der Waals surface area (Å²) in [6, 6.07) is 19.3.